The second-order valence-corrected chi connectivity index (χ2v) is 4.64. The van der Waals surface area contributed by atoms with Crippen molar-refractivity contribution >= 4 is 21.6 Å². The normalized spacial score (nSPS) is 17.3. The summed E-state index contributed by atoms with van der Waals surface area (Å²) < 4.78 is 27.8. The van der Waals surface area contributed by atoms with Gasteiger partial charge in [0.15, 0.2) is 5.82 Å². The first kappa shape index (κ1) is 11.8. The predicted octanol–water partition coefficient (Wildman–Crippen LogP) is 2.53. The van der Waals surface area contributed by atoms with Gasteiger partial charge in [-0.05, 0) is 41.0 Å². The molecule has 1 N–H and O–H groups in total. The molecular weight excluding hydrogens is 278 g/mol. The molecule has 0 saturated carbocycles. The van der Waals surface area contributed by atoms with Gasteiger partial charge >= 0.3 is 0 Å². The van der Waals surface area contributed by atoms with E-state index in [2.05, 4.69) is 21.2 Å². The zero-order valence-electron chi connectivity index (χ0n) is 8.77. The lowest BCUT2D eigenvalue weighted by Crippen LogP contribution is -2.29. The minimum Gasteiger partial charge on any atom is -0.365 e. The molecule has 0 aromatic heterocycles. The molecule has 1 fully saturated rings. The van der Waals surface area contributed by atoms with Crippen LogP contribution in [0.5, 0.6) is 0 Å². The Morgan fingerprint density at radius 2 is 2.00 bits per heavy atom. The molecule has 0 bridgehead atoms. The summed E-state index contributed by atoms with van der Waals surface area (Å²) in [5.74, 6) is -1.01. The van der Waals surface area contributed by atoms with E-state index in [1.54, 1.807) is 4.90 Å². The topological polar surface area (TPSA) is 15.3 Å². The summed E-state index contributed by atoms with van der Waals surface area (Å²) in [6.45, 7) is 2.96. The number of nitrogens with zero attached hydrogens (tertiary/aromatic N) is 1. The predicted molar refractivity (Wildman–Crippen MR) is 63.8 cm³/mol. The number of hydrogen-bond acceptors (Lipinski definition) is 2. The molecule has 0 atom stereocenters. The molecule has 2 nitrogen and oxygen atoms in total. The highest BCUT2D eigenvalue weighted by Crippen LogP contribution is 2.29. The van der Waals surface area contributed by atoms with E-state index in [1.807, 2.05) is 0 Å². The molecule has 5 heteroatoms. The van der Waals surface area contributed by atoms with Crippen molar-refractivity contribution < 1.29 is 8.78 Å². The lowest BCUT2D eigenvalue weighted by Gasteiger charge is -2.23. The maximum atomic E-state index is 13.8. The Labute approximate surface area is 102 Å². The van der Waals surface area contributed by atoms with Gasteiger partial charge in [-0.2, -0.15) is 0 Å². The Bertz CT molecular complexity index is 376. The van der Waals surface area contributed by atoms with E-state index in [4.69, 9.17) is 0 Å². The molecule has 1 aliphatic rings. The zero-order valence-corrected chi connectivity index (χ0v) is 10.4. The minimum atomic E-state index is -0.512. The fraction of sp³-hybridized carbons (Fsp3) is 0.455. The lowest BCUT2D eigenvalue weighted by atomic mass is 10.2. The Morgan fingerprint density at radius 1 is 1.19 bits per heavy atom. The number of benzene rings is 1. The van der Waals surface area contributed by atoms with E-state index in [9.17, 15) is 8.78 Å². The second kappa shape index (κ2) is 5.10. The van der Waals surface area contributed by atoms with E-state index in [0.717, 1.165) is 19.5 Å². The maximum absolute atomic E-state index is 13.8. The van der Waals surface area contributed by atoms with Gasteiger partial charge in [0, 0.05) is 19.6 Å². The van der Waals surface area contributed by atoms with Crippen molar-refractivity contribution in [1.82, 2.24) is 5.32 Å². The van der Waals surface area contributed by atoms with Crippen molar-refractivity contribution in [3.63, 3.8) is 0 Å². The van der Waals surface area contributed by atoms with Crippen LogP contribution in [0.4, 0.5) is 14.5 Å². The number of nitrogens with one attached hydrogen (secondary N) is 1. The van der Waals surface area contributed by atoms with Crippen LogP contribution >= 0.6 is 15.9 Å². The van der Waals surface area contributed by atoms with Crippen molar-refractivity contribution in [3.05, 3.63) is 28.2 Å². The monoisotopic (exact) mass is 290 g/mol. The maximum Gasteiger partial charge on any atom is 0.163 e. The average molecular weight is 291 g/mol. The van der Waals surface area contributed by atoms with Crippen LogP contribution in [0.25, 0.3) is 0 Å². The van der Waals surface area contributed by atoms with Gasteiger partial charge in [-0.25, -0.2) is 8.78 Å². The van der Waals surface area contributed by atoms with E-state index in [-0.39, 0.29) is 5.69 Å². The van der Waals surface area contributed by atoms with Crippen molar-refractivity contribution in [2.75, 3.05) is 31.1 Å². The third kappa shape index (κ3) is 2.35. The Hall–Kier alpha value is -0.680. The first-order valence-electron chi connectivity index (χ1n) is 5.29. The fourth-order valence-corrected chi connectivity index (χ4v) is 2.20. The third-order valence-electron chi connectivity index (χ3n) is 2.68. The lowest BCUT2D eigenvalue weighted by molar-refractivity contribution is 0.568. The second-order valence-electron chi connectivity index (χ2n) is 3.78. The van der Waals surface area contributed by atoms with Gasteiger partial charge in [0.1, 0.15) is 11.5 Å². The van der Waals surface area contributed by atoms with E-state index in [0.29, 0.717) is 17.6 Å². The largest absolute Gasteiger partial charge is 0.365 e. The highest BCUT2D eigenvalue weighted by atomic mass is 79.9. The molecule has 0 amide bonds. The van der Waals surface area contributed by atoms with Crippen LogP contribution in [0, 0.1) is 11.6 Å². The standard InChI is InChI=1S/C11H13BrF2N2/c12-8-2-3-9(13)11(10(8)14)16-6-1-4-15-5-7-16/h2-3,15H,1,4-7H2. The quantitative estimate of drug-likeness (QED) is 0.800. The van der Waals surface area contributed by atoms with Gasteiger partial charge in [0.05, 0.1) is 4.47 Å². The minimum absolute atomic E-state index is 0.0816. The van der Waals surface area contributed by atoms with E-state index in [1.165, 1.54) is 12.1 Å². The van der Waals surface area contributed by atoms with Crippen LogP contribution in [0.3, 0.4) is 0 Å². The molecule has 1 aliphatic heterocycles. The Balaban J connectivity index is 2.33. The number of halogens is 3. The van der Waals surface area contributed by atoms with Crippen molar-refractivity contribution in [2.24, 2.45) is 0 Å². The van der Waals surface area contributed by atoms with Gasteiger partial charge in [-0.1, -0.05) is 0 Å². The van der Waals surface area contributed by atoms with Gasteiger partial charge in [0.25, 0.3) is 0 Å². The molecule has 0 aliphatic carbocycles. The SMILES string of the molecule is Fc1ccc(Br)c(F)c1N1CCCNCC1. The number of rotatable bonds is 1. The summed E-state index contributed by atoms with van der Waals surface area (Å²) in [6.07, 6.45) is 0.894. The van der Waals surface area contributed by atoms with Crippen LogP contribution in [0.1, 0.15) is 6.42 Å². The molecule has 16 heavy (non-hydrogen) atoms. The molecular formula is C11H13BrF2N2. The summed E-state index contributed by atoms with van der Waals surface area (Å²) in [4.78, 5) is 1.76. The molecule has 1 heterocycles. The molecule has 1 saturated heterocycles. The first-order valence-corrected chi connectivity index (χ1v) is 6.08. The van der Waals surface area contributed by atoms with E-state index < -0.39 is 11.6 Å². The third-order valence-corrected chi connectivity index (χ3v) is 3.29. The van der Waals surface area contributed by atoms with Crippen molar-refractivity contribution in [3.8, 4) is 0 Å². The van der Waals surface area contributed by atoms with Crippen LogP contribution < -0.4 is 10.2 Å². The smallest absolute Gasteiger partial charge is 0.163 e. The molecule has 88 valence electrons. The first-order chi connectivity index (χ1) is 7.70. The summed E-state index contributed by atoms with van der Waals surface area (Å²) >= 11 is 3.08. The molecule has 1 aromatic carbocycles. The van der Waals surface area contributed by atoms with E-state index >= 15 is 0 Å². The van der Waals surface area contributed by atoms with Gasteiger partial charge in [-0.3, -0.25) is 0 Å². The summed E-state index contributed by atoms with van der Waals surface area (Å²) in [5.41, 5.74) is 0.0816. The van der Waals surface area contributed by atoms with Crippen LogP contribution in [0.2, 0.25) is 0 Å². The van der Waals surface area contributed by atoms with Crippen LogP contribution in [-0.4, -0.2) is 26.2 Å². The molecule has 1 aromatic rings. The van der Waals surface area contributed by atoms with Gasteiger partial charge in [-0.15, -0.1) is 0 Å². The van der Waals surface area contributed by atoms with Crippen molar-refractivity contribution in [1.29, 1.82) is 0 Å². The van der Waals surface area contributed by atoms with Crippen LogP contribution in [-0.2, 0) is 0 Å². The molecule has 2 rings (SSSR count). The number of anilines is 1. The molecule has 0 radical (unpaired) electrons. The van der Waals surface area contributed by atoms with Gasteiger partial charge in [0.2, 0.25) is 0 Å². The molecule has 0 spiro atoms. The summed E-state index contributed by atoms with van der Waals surface area (Å²) in [7, 11) is 0. The summed E-state index contributed by atoms with van der Waals surface area (Å²) in [6, 6.07) is 2.69. The zero-order chi connectivity index (χ0) is 11.5. The number of hydrogen-bond donors (Lipinski definition) is 1. The Kier molecular flexibility index (Phi) is 3.76. The highest BCUT2D eigenvalue weighted by molar-refractivity contribution is 9.10. The van der Waals surface area contributed by atoms with Crippen LogP contribution in [0.15, 0.2) is 16.6 Å². The fourth-order valence-electron chi connectivity index (χ4n) is 1.88. The highest BCUT2D eigenvalue weighted by Gasteiger charge is 2.19. The average Bonchev–Trinajstić information content (AvgIpc) is 2.53. The summed E-state index contributed by atoms with van der Waals surface area (Å²) in [5, 5.41) is 3.20. The molecule has 0 unspecified atom stereocenters. The van der Waals surface area contributed by atoms with Crippen molar-refractivity contribution in [2.45, 2.75) is 6.42 Å². The van der Waals surface area contributed by atoms with Gasteiger partial charge < -0.3 is 10.2 Å². The Morgan fingerprint density at radius 3 is 2.81 bits per heavy atom.